The third kappa shape index (κ3) is 3.51. The van der Waals surface area contributed by atoms with E-state index in [2.05, 4.69) is 37.1 Å². The van der Waals surface area contributed by atoms with Gasteiger partial charge in [0.1, 0.15) is 0 Å². The number of nitrogens with one attached hydrogen (secondary N) is 1. The van der Waals surface area contributed by atoms with E-state index >= 15 is 0 Å². The van der Waals surface area contributed by atoms with Gasteiger partial charge in [0.25, 0.3) is 0 Å². The molecule has 1 aromatic heterocycles. The number of ether oxygens (including phenoxy) is 1. The molecule has 3 nitrogen and oxygen atoms in total. The molecule has 0 radical (unpaired) electrons. The SMILES string of the molecule is Cc1cnccc1CNC1CC(C)OC(C)C1. The molecule has 0 bridgehead atoms. The average Bonchev–Trinajstić information content (AvgIpc) is 2.27. The van der Waals surface area contributed by atoms with Crippen LogP contribution in [0.5, 0.6) is 0 Å². The Labute approximate surface area is 104 Å². The lowest BCUT2D eigenvalue weighted by Gasteiger charge is -2.32. The van der Waals surface area contributed by atoms with Crippen molar-refractivity contribution in [1.82, 2.24) is 10.3 Å². The van der Waals surface area contributed by atoms with E-state index < -0.39 is 0 Å². The average molecular weight is 234 g/mol. The molecule has 2 heterocycles. The van der Waals surface area contributed by atoms with Gasteiger partial charge in [-0.2, -0.15) is 0 Å². The van der Waals surface area contributed by atoms with Gasteiger partial charge in [-0.3, -0.25) is 4.98 Å². The van der Waals surface area contributed by atoms with Crippen molar-refractivity contribution >= 4 is 0 Å². The standard InChI is InChI=1S/C14H22N2O/c1-10-8-15-5-4-13(10)9-16-14-6-11(2)17-12(3)7-14/h4-5,8,11-12,14,16H,6-7,9H2,1-3H3. The summed E-state index contributed by atoms with van der Waals surface area (Å²) in [6, 6.07) is 2.66. The normalized spacial score (nSPS) is 29.2. The van der Waals surface area contributed by atoms with Crippen molar-refractivity contribution in [2.75, 3.05) is 0 Å². The summed E-state index contributed by atoms with van der Waals surface area (Å²) in [7, 11) is 0. The largest absolute Gasteiger partial charge is 0.375 e. The Morgan fingerprint density at radius 1 is 1.35 bits per heavy atom. The van der Waals surface area contributed by atoms with E-state index in [4.69, 9.17) is 4.74 Å². The molecule has 3 heteroatoms. The number of pyridine rings is 1. The summed E-state index contributed by atoms with van der Waals surface area (Å²) in [5.41, 5.74) is 2.60. The van der Waals surface area contributed by atoms with E-state index in [1.165, 1.54) is 11.1 Å². The molecule has 1 N–H and O–H groups in total. The predicted molar refractivity (Wildman–Crippen MR) is 68.8 cm³/mol. The summed E-state index contributed by atoms with van der Waals surface area (Å²) in [5, 5.41) is 3.63. The van der Waals surface area contributed by atoms with E-state index in [-0.39, 0.29) is 0 Å². The Morgan fingerprint density at radius 3 is 2.71 bits per heavy atom. The number of aromatic nitrogens is 1. The summed E-state index contributed by atoms with van der Waals surface area (Å²) >= 11 is 0. The first-order valence-corrected chi connectivity index (χ1v) is 6.43. The van der Waals surface area contributed by atoms with Crippen LogP contribution in [0.25, 0.3) is 0 Å². The zero-order valence-electron chi connectivity index (χ0n) is 10.9. The summed E-state index contributed by atoms with van der Waals surface area (Å²) in [6.45, 7) is 7.35. The maximum absolute atomic E-state index is 5.74. The van der Waals surface area contributed by atoms with E-state index in [1.807, 2.05) is 12.4 Å². The highest BCUT2D eigenvalue weighted by atomic mass is 16.5. The second-order valence-corrected chi connectivity index (χ2v) is 5.11. The van der Waals surface area contributed by atoms with Gasteiger partial charge in [-0.05, 0) is 50.8 Å². The molecule has 1 aliphatic rings. The van der Waals surface area contributed by atoms with Crippen LogP contribution in [0, 0.1) is 6.92 Å². The fourth-order valence-electron chi connectivity index (χ4n) is 2.53. The monoisotopic (exact) mass is 234 g/mol. The van der Waals surface area contributed by atoms with Crippen molar-refractivity contribution in [3.63, 3.8) is 0 Å². The lowest BCUT2D eigenvalue weighted by molar-refractivity contribution is -0.0422. The minimum Gasteiger partial charge on any atom is -0.375 e. The van der Waals surface area contributed by atoms with Crippen LogP contribution in [-0.4, -0.2) is 23.2 Å². The maximum atomic E-state index is 5.74. The molecule has 2 rings (SSSR count). The molecular weight excluding hydrogens is 212 g/mol. The van der Waals surface area contributed by atoms with Gasteiger partial charge in [0.15, 0.2) is 0 Å². The molecule has 17 heavy (non-hydrogen) atoms. The fourth-order valence-corrected chi connectivity index (χ4v) is 2.53. The number of aryl methyl sites for hydroxylation is 1. The molecular formula is C14H22N2O. The zero-order valence-corrected chi connectivity index (χ0v) is 10.9. The molecule has 0 aromatic carbocycles. The Bertz CT molecular complexity index is 357. The van der Waals surface area contributed by atoms with Crippen LogP contribution in [0.3, 0.4) is 0 Å². The van der Waals surface area contributed by atoms with Gasteiger partial charge in [-0.1, -0.05) is 0 Å². The lowest BCUT2D eigenvalue weighted by Crippen LogP contribution is -2.41. The van der Waals surface area contributed by atoms with E-state index in [9.17, 15) is 0 Å². The number of hydrogen-bond acceptors (Lipinski definition) is 3. The Balaban J connectivity index is 1.88. The molecule has 0 saturated carbocycles. The molecule has 1 aliphatic heterocycles. The van der Waals surface area contributed by atoms with Crippen LogP contribution >= 0.6 is 0 Å². The van der Waals surface area contributed by atoms with Gasteiger partial charge in [0.05, 0.1) is 12.2 Å². The summed E-state index contributed by atoms with van der Waals surface area (Å²) in [6.07, 6.45) is 6.73. The summed E-state index contributed by atoms with van der Waals surface area (Å²) in [4.78, 5) is 4.12. The van der Waals surface area contributed by atoms with Crippen LogP contribution in [0.15, 0.2) is 18.5 Å². The van der Waals surface area contributed by atoms with E-state index in [0.29, 0.717) is 18.2 Å². The van der Waals surface area contributed by atoms with Crippen molar-refractivity contribution < 1.29 is 4.74 Å². The van der Waals surface area contributed by atoms with Crippen molar-refractivity contribution in [2.45, 2.75) is 58.4 Å². The molecule has 0 spiro atoms. The number of rotatable bonds is 3. The van der Waals surface area contributed by atoms with E-state index in [0.717, 1.165) is 19.4 Å². The summed E-state index contributed by atoms with van der Waals surface area (Å²) < 4.78 is 5.74. The molecule has 1 saturated heterocycles. The molecule has 2 atom stereocenters. The predicted octanol–water partition coefficient (Wildman–Crippen LogP) is 2.44. The quantitative estimate of drug-likeness (QED) is 0.872. The topological polar surface area (TPSA) is 34.2 Å². The molecule has 2 unspecified atom stereocenters. The van der Waals surface area contributed by atoms with E-state index in [1.54, 1.807) is 0 Å². The van der Waals surface area contributed by atoms with Crippen LogP contribution < -0.4 is 5.32 Å². The lowest BCUT2D eigenvalue weighted by atomic mass is 9.99. The second kappa shape index (κ2) is 5.61. The number of nitrogens with zero attached hydrogens (tertiary/aromatic N) is 1. The first-order chi connectivity index (χ1) is 8.15. The third-order valence-electron chi connectivity index (χ3n) is 3.42. The number of hydrogen-bond donors (Lipinski definition) is 1. The highest BCUT2D eigenvalue weighted by Gasteiger charge is 2.23. The van der Waals surface area contributed by atoms with Gasteiger partial charge < -0.3 is 10.1 Å². The maximum Gasteiger partial charge on any atom is 0.0565 e. The molecule has 94 valence electrons. The highest BCUT2D eigenvalue weighted by Crippen LogP contribution is 2.19. The molecule has 0 amide bonds. The van der Waals surface area contributed by atoms with Crippen molar-refractivity contribution in [1.29, 1.82) is 0 Å². The first-order valence-electron chi connectivity index (χ1n) is 6.43. The van der Waals surface area contributed by atoms with Gasteiger partial charge >= 0.3 is 0 Å². The summed E-state index contributed by atoms with van der Waals surface area (Å²) in [5.74, 6) is 0. The Morgan fingerprint density at radius 2 is 2.06 bits per heavy atom. The fraction of sp³-hybridized carbons (Fsp3) is 0.643. The van der Waals surface area contributed by atoms with Gasteiger partial charge in [0, 0.05) is 25.0 Å². The third-order valence-corrected chi connectivity index (χ3v) is 3.42. The molecule has 1 aromatic rings. The van der Waals surface area contributed by atoms with Crippen LogP contribution in [-0.2, 0) is 11.3 Å². The first kappa shape index (κ1) is 12.5. The minimum absolute atomic E-state index is 0.370. The van der Waals surface area contributed by atoms with Crippen LogP contribution in [0.1, 0.15) is 37.8 Å². The van der Waals surface area contributed by atoms with Gasteiger partial charge in [-0.25, -0.2) is 0 Å². The minimum atomic E-state index is 0.370. The van der Waals surface area contributed by atoms with Gasteiger partial charge in [-0.15, -0.1) is 0 Å². The Hall–Kier alpha value is -0.930. The molecule has 0 aliphatic carbocycles. The highest BCUT2D eigenvalue weighted by molar-refractivity contribution is 5.21. The van der Waals surface area contributed by atoms with Crippen molar-refractivity contribution in [3.05, 3.63) is 29.6 Å². The van der Waals surface area contributed by atoms with Crippen LogP contribution in [0.2, 0.25) is 0 Å². The Kier molecular flexibility index (Phi) is 4.13. The zero-order chi connectivity index (χ0) is 12.3. The van der Waals surface area contributed by atoms with Gasteiger partial charge in [0.2, 0.25) is 0 Å². The smallest absolute Gasteiger partial charge is 0.0565 e. The van der Waals surface area contributed by atoms with Crippen molar-refractivity contribution in [2.24, 2.45) is 0 Å². The second-order valence-electron chi connectivity index (χ2n) is 5.11. The van der Waals surface area contributed by atoms with Crippen molar-refractivity contribution in [3.8, 4) is 0 Å². The molecule has 1 fully saturated rings. The van der Waals surface area contributed by atoms with Crippen LogP contribution in [0.4, 0.5) is 0 Å².